The van der Waals surface area contributed by atoms with Crippen LogP contribution in [-0.4, -0.2) is 43.8 Å². The summed E-state index contributed by atoms with van der Waals surface area (Å²) in [6.07, 6.45) is 2.61. The van der Waals surface area contributed by atoms with E-state index in [0.717, 1.165) is 19.1 Å². The zero-order valence-corrected chi connectivity index (χ0v) is 11.3. The van der Waals surface area contributed by atoms with Crippen LogP contribution in [0.25, 0.3) is 0 Å². The summed E-state index contributed by atoms with van der Waals surface area (Å²) >= 11 is 0. The largest absolute Gasteiger partial charge is 0.383 e. The Morgan fingerprint density at radius 1 is 1.44 bits per heavy atom. The lowest BCUT2D eigenvalue weighted by atomic mass is 9.87. The first-order chi connectivity index (χ1) is 7.61. The van der Waals surface area contributed by atoms with E-state index in [9.17, 15) is 0 Å². The minimum atomic E-state index is 0.515. The monoisotopic (exact) mass is 228 g/mol. The van der Waals surface area contributed by atoms with E-state index in [4.69, 9.17) is 10.5 Å². The highest BCUT2D eigenvalue weighted by Gasteiger charge is 2.33. The third-order valence-corrected chi connectivity index (χ3v) is 3.93. The standard InChI is InChI=1S/C13H28N2O/c1-10(2)13(9-16-4)15-7-5-6-11(3)12(15)8-14/h10-13H,5-9,14H2,1-4H3. The molecule has 1 heterocycles. The molecule has 3 atom stereocenters. The molecule has 2 N–H and O–H groups in total. The molecule has 3 unspecified atom stereocenters. The molecule has 0 saturated carbocycles. The van der Waals surface area contributed by atoms with Crippen molar-refractivity contribution in [2.75, 3.05) is 26.8 Å². The number of methoxy groups -OCH3 is 1. The lowest BCUT2D eigenvalue weighted by Gasteiger charge is -2.45. The highest BCUT2D eigenvalue weighted by Crippen LogP contribution is 2.27. The zero-order valence-electron chi connectivity index (χ0n) is 11.3. The molecule has 1 aliphatic heterocycles. The molecule has 1 aliphatic rings. The second-order valence-corrected chi connectivity index (χ2v) is 5.43. The SMILES string of the molecule is COCC(C(C)C)N1CCCC(C)C1CN. The molecule has 0 aliphatic carbocycles. The fourth-order valence-corrected chi connectivity index (χ4v) is 2.90. The van der Waals surface area contributed by atoms with Crippen molar-refractivity contribution in [1.29, 1.82) is 0 Å². The smallest absolute Gasteiger partial charge is 0.0620 e. The Morgan fingerprint density at radius 2 is 2.12 bits per heavy atom. The molecule has 96 valence electrons. The summed E-state index contributed by atoms with van der Waals surface area (Å²) in [5.41, 5.74) is 5.94. The maximum Gasteiger partial charge on any atom is 0.0620 e. The Balaban J connectivity index is 2.72. The Morgan fingerprint density at radius 3 is 2.62 bits per heavy atom. The number of hydrogen-bond donors (Lipinski definition) is 1. The van der Waals surface area contributed by atoms with E-state index in [0.29, 0.717) is 18.0 Å². The average molecular weight is 228 g/mol. The first kappa shape index (κ1) is 13.9. The van der Waals surface area contributed by atoms with Gasteiger partial charge in [-0.25, -0.2) is 0 Å². The van der Waals surface area contributed by atoms with E-state index in [-0.39, 0.29) is 0 Å². The number of likely N-dealkylation sites (tertiary alicyclic amines) is 1. The summed E-state index contributed by atoms with van der Waals surface area (Å²) in [6, 6.07) is 1.05. The number of nitrogens with zero attached hydrogens (tertiary/aromatic N) is 1. The van der Waals surface area contributed by atoms with Gasteiger partial charge in [0.15, 0.2) is 0 Å². The van der Waals surface area contributed by atoms with E-state index in [1.807, 2.05) is 0 Å². The summed E-state index contributed by atoms with van der Waals surface area (Å²) in [5.74, 6) is 1.34. The zero-order chi connectivity index (χ0) is 12.1. The fraction of sp³-hybridized carbons (Fsp3) is 1.00. The molecule has 16 heavy (non-hydrogen) atoms. The van der Waals surface area contributed by atoms with E-state index >= 15 is 0 Å². The summed E-state index contributed by atoms with van der Waals surface area (Å²) in [5, 5.41) is 0. The van der Waals surface area contributed by atoms with Gasteiger partial charge in [-0.1, -0.05) is 20.8 Å². The van der Waals surface area contributed by atoms with Gasteiger partial charge >= 0.3 is 0 Å². The van der Waals surface area contributed by atoms with Gasteiger partial charge in [-0.05, 0) is 31.2 Å². The normalized spacial score (nSPS) is 29.6. The minimum Gasteiger partial charge on any atom is -0.383 e. The van der Waals surface area contributed by atoms with Gasteiger partial charge in [0, 0.05) is 25.7 Å². The molecular formula is C13H28N2O. The van der Waals surface area contributed by atoms with Gasteiger partial charge in [-0.3, -0.25) is 4.90 Å². The van der Waals surface area contributed by atoms with Crippen LogP contribution in [0.5, 0.6) is 0 Å². The predicted molar refractivity (Wildman–Crippen MR) is 68.4 cm³/mol. The summed E-state index contributed by atoms with van der Waals surface area (Å²) in [4.78, 5) is 2.59. The molecule has 0 spiro atoms. The molecule has 1 rings (SSSR count). The molecule has 0 radical (unpaired) electrons. The van der Waals surface area contributed by atoms with Crippen LogP contribution in [0, 0.1) is 11.8 Å². The number of piperidine rings is 1. The summed E-state index contributed by atoms with van der Waals surface area (Å²) < 4.78 is 5.36. The maximum absolute atomic E-state index is 5.94. The molecule has 1 fully saturated rings. The van der Waals surface area contributed by atoms with E-state index in [1.165, 1.54) is 19.4 Å². The molecular weight excluding hydrogens is 200 g/mol. The Hall–Kier alpha value is -0.120. The van der Waals surface area contributed by atoms with Crippen LogP contribution < -0.4 is 5.73 Å². The van der Waals surface area contributed by atoms with Crippen molar-refractivity contribution in [3.63, 3.8) is 0 Å². The maximum atomic E-state index is 5.94. The van der Waals surface area contributed by atoms with Gasteiger partial charge < -0.3 is 10.5 Å². The van der Waals surface area contributed by atoms with Crippen molar-refractivity contribution in [2.24, 2.45) is 17.6 Å². The van der Waals surface area contributed by atoms with Crippen molar-refractivity contribution in [1.82, 2.24) is 4.90 Å². The van der Waals surface area contributed by atoms with Gasteiger partial charge in [0.05, 0.1) is 6.61 Å². The van der Waals surface area contributed by atoms with E-state index in [2.05, 4.69) is 25.7 Å². The lowest BCUT2D eigenvalue weighted by Crippen LogP contribution is -2.55. The molecule has 0 bridgehead atoms. The molecule has 0 aromatic rings. The molecule has 0 amide bonds. The van der Waals surface area contributed by atoms with E-state index in [1.54, 1.807) is 7.11 Å². The Kier molecular flexibility index (Phi) is 5.73. The van der Waals surface area contributed by atoms with Crippen molar-refractivity contribution in [3.05, 3.63) is 0 Å². The summed E-state index contributed by atoms with van der Waals surface area (Å²) in [6.45, 7) is 9.65. The van der Waals surface area contributed by atoms with Crippen LogP contribution in [0.3, 0.4) is 0 Å². The van der Waals surface area contributed by atoms with Crippen molar-refractivity contribution < 1.29 is 4.74 Å². The Bertz CT molecular complexity index is 196. The lowest BCUT2D eigenvalue weighted by molar-refractivity contribution is 0.00160. The minimum absolute atomic E-state index is 0.515. The first-order valence-corrected chi connectivity index (χ1v) is 6.56. The topological polar surface area (TPSA) is 38.5 Å². The fourth-order valence-electron chi connectivity index (χ4n) is 2.90. The number of ether oxygens (including phenoxy) is 1. The number of nitrogens with two attached hydrogens (primary N) is 1. The first-order valence-electron chi connectivity index (χ1n) is 6.56. The van der Waals surface area contributed by atoms with Gasteiger partial charge in [0.25, 0.3) is 0 Å². The van der Waals surface area contributed by atoms with Gasteiger partial charge in [0.1, 0.15) is 0 Å². The van der Waals surface area contributed by atoms with Crippen molar-refractivity contribution in [2.45, 2.75) is 45.7 Å². The number of rotatable bonds is 5. The second kappa shape index (κ2) is 6.58. The van der Waals surface area contributed by atoms with Gasteiger partial charge in [-0.15, -0.1) is 0 Å². The van der Waals surface area contributed by atoms with Crippen LogP contribution in [-0.2, 0) is 4.74 Å². The molecule has 1 saturated heterocycles. The van der Waals surface area contributed by atoms with Crippen LogP contribution in [0.2, 0.25) is 0 Å². The van der Waals surface area contributed by atoms with Crippen molar-refractivity contribution in [3.8, 4) is 0 Å². The Labute approximate surface area is 100 Å². The van der Waals surface area contributed by atoms with Crippen LogP contribution in [0.15, 0.2) is 0 Å². The third-order valence-electron chi connectivity index (χ3n) is 3.93. The molecule has 3 heteroatoms. The van der Waals surface area contributed by atoms with E-state index < -0.39 is 0 Å². The van der Waals surface area contributed by atoms with Gasteiger partial charge in [-0.2, -0.15) is 0 Å². The average Bonchev–Trinajstić information content (AvgIpc) is 2.25. The highest BCUT2D eigenvalue weighted by molar-refractivity contribution is 4.88. The van der Waals surface area contributed by atoms with Crippen LogP contribution >= 0.6 is 0 Å². The quantitative estimate of drug-likeness (QED) is 0.778. The molecule has 0 aromatic carbocycles. The van der Waals surface area contributed by atoms with Crippen LogP contribution in [0.1, 0.15) is 33.6 Å². The highest BCUT2D eigenvalue weighted by atomic mass is 16.5. The third kappa shape index (κ3) is 3.19. The second-order valence-electron chi connectivity index (χ2n) is 5.43. The van der Waals surface area contributed by atoms with Crippen LogP contribution in [0.4, 0.5) is 0 Å². The predicted octanol–water partition coefficient (Wildman–Crippen LogP) is 1.72. The molecule has 0 aromatic heterocycles. The summed E-state index contributed by atoms with van der Waals surface area (Å²) in [7, 11) is 1.79. The molecule has 3 nitrogen and oxygen atoms in total. The van der Waals surface area contributed by atoms with Crippen molar-refractivity contribution >= 4 is 0 Å². The van der Waals surface area contributed by atoms with Gasteiger partial charge in [0.2, 0.25) is 0 Å². The number of hydrogen-bond acceptors (Lipinski definition) is 3.